The maximum absolute atomic E-state index is 11.5. The molecule has 0 saturated carbocycles. The first-order chi connectivity index (χ1) is 8.52. The summed E-state index contributed by atoms with van der Waals surface area (Å²) in [7, 11) is 0. The molecule has 0 aliphatic heterocycles. The maximum atomic E-state index is 11.5. The van der Waals surface area contributed by atoms with Gasteiger partial charge >= 0.3 is 5.97 Å². The van der Waals surface area contributed by atoms with Gasteiger partial charge in [-0.05, 0) is 13.3 Å². The number of nitrogens with one attached hydrogen (secondary N) is 1. The lowest BCUT2D eigenvalue weighted by Crippen LogP contribution is -2.41. The van der Waals surface area contributed by atoms with Crippen molar-refractivity contribution in [1.29, 1.82) is 0 Å². The van der Waals surface area contributed by atoms with Crippen molar-refractivity contribution in [1.82, 2.24) is 10.3 Å². The molecule has 1 aromatic heterocycles. The summed E-state index contributed by atoms with van der Waals surface area (Å²) in [5.74, 6) is -0.325. The third kappa shape index (κ3) is 5.05. The zero-order chi connectivity index (χ0) is 13.5. The van der Waals surface area contributed by atoms with Crippen LogP contribution in [0.15, 0.2) is 5.38 Å². The molecule has 0 radical (unpaired) electrons. The Bertz CT molecular complexity index is 420. The largest absolute Gasteiger partial charge is 0.480 e. The van der Waals surface area contributed by atoms with Crippen LogP contribution in [0.3, 0.4) is 0 Å². The van der Waals surface area contributed by atoms with Gasteiger partial charge in [-0.3, -0.25) is 4.79 Å². The van der Waals surface area contributed by atoms with Crippen molar-refractivity contribution >= 4 is 35.0 Å². The number of amides is 1. The van der Waals surface area contributed by atoms with E-state index in [4.69, 9.17) is 5.11 Å². The number of carbonyl (C=O) groups is 2. The number of carboxylic acids is 1. The van der Waals surface area contributed by atoms with Crippen molar-refractivity contribution in [3.05, 3.63) is 16.1 Å². The number of aryl methyl sites for hydroxylation is 1. The molecule has 7 heteroatoms. The summed E-state index contributed by atoms with van der Waals surface area (Å²) in [6.07, 6.45) is 0.386. The van der Waals surface area contributed by atoms with Crippen molar-refractivity contribution in [3.63, 3.8) is 0 Å². The fourth-order valence-electron chi connectivity index (χ4n) is 1.30. The number of hydrogen-bond donors (Lipinski definition) is 2. The second kappa shape index (κ2) is 7.38. The Morgan fingerprint density at radius 2 is 2.33 bits per heavy atom. The summed E-state index contributed by atoms with van der Waals surface area (Å²) < 4.78 is 0. The highest BCUT2D eigenvalue weighted by Crippen LogP contribution is 2.14. The van der Waals surface area contributed by atoms with E-state index in [-0.39, 0.29) is 11.7 Å². The summed E-state index contributed by atoms with van der Waals surface area (Å²) in [4.78, 5) is 26.5. The van der Waals surface area contributed by atoms with Crippen LogP contribution in [0.5, 0.6) is 0 Å². The van der Waals surface area contributed by atoms with E-state index in [9.17, 15) is 9.59 Å². The minimum absolute atomic E-state index is 0.249. The topological polar surface area (TPSA) is 79.3 Å². The molecular formula is C11H16N2O3S2. The van der Waals surface area contributed by atoms with Crippen molar-refractivity contribution in [2.45, 2.75) is 32.1 Å². The Morgan fingerprint density at radius 3 is 2.83 bits per heavy atom. The van der Waals surface area contributed by atoms with Gasteiger partial charge in [-0.1, -0.05) is 6.92 Å². The number of carbonyl (C=O) groups excluding carboxylic acids is 1. The fraction of sp³-hybridized carbons (Fsp3) is 0.545. The summed E-state index contributed by atoms with van der Waals surface area (Å²) in [5.41, 5.74) is 0.959. The first-order valence-electron chi connectivity index (χ1n) is 5.53. The number of nitrogens with zero attached hydrogens (tertiary/aromatic N) is 1. The highest BCUT2D eigenvalue weighted by Gasteiger charge is 2.17. The molecule has 18 heavy (non-hydrogen) atoms. The number of aliphatic carboxylic acids is 1. The smallest absolute Gasteiger partial charge is 0.326 e. The number of aromatic nitrogens is 1. The molecule has 2 N–H and O–H groups in total. The highest BCUT2D eigenvalue weighted by atomic mass is 32.2. The molecule has 0 aliphatic rings. The van der Waals surface area contributed by atoms with Gasteiger partial charge in [0.25, 0.3) is 0 Å². The number of thiazole rings is 1. The molecule has 0 aliphatic carbocycles. The van der Waals surface area contributed by atoms with Crippen molar-refractivity contribution in [3.8, 4) is 0 Å². The van der Waals surface area contributed by atoms with Crippen LogP contribution in [0, 0.1) is 6.92 Å². The van der Waals surface area contributed by atoms with Gasteiger partial charge in [-0.15, -0.1) is 23.1 Å². The Kier molecular flexibility index (Phi) is 6.14. The van der Waals surface area contributed by atoms with E-state index in [0.717, 1.165) is 10.7 Å². The van der Waals surface area contributed by atoms with Gasteiger partial charge in [0.2, 0.25) is 5.91 Å². The Hall–Kier alpha value is -1.08. The first kappa shape index (κ1) is 15.0. The lowest BCUT2D eigenvalue weighted by atomic mass is 10.2. The molecule has 100 valence electrons. The van der Waals surface area contributed by atoms with E-state index >= 15 is 0 Å². The molecule has 1 rings (SSSR count). The third-order valence-corrected chi connectivity index (χ3v) is 3.98. The molecule has 0 unspecified atom stereocenters. The minimum atomic E-state index is -0.994. The third-order valence-electron chi connectivity index (χ3n) is 2.19. The first-order valence-corrected chi connectivity index (χ1v) is 7.57. The second-order valence-electron chi connectivity index (χ2n) is 3.72. The summed E-state index contributed by atoms with van der Waals surface area (Å²) in [6, 6.07) is -0.792. The summed E-state index contributed by atoms with van der Waals surface area (Å²) >= 11 is 3.01. The van der Waals surface area contributed by atoms with Crippen LogP contribution < -0.4 is 5.32 Å². The fourth-order valence-corrected chi connectivity index (χ4v) is 2.74. The molecule has 1 atom stereocenters. The number of carboxylic acid groups (broad SMARTS) is 1. The van der Waals surface area contributed by atoms with Gasteiger partial charge in [-0.25, -0.2) is 9.78 Å². The van der Waals surface area contributed by atoms with Gasteiger partial charge in [0.1, 0.15) is 6.04 Å². The van der Waals surface area contributed by atoms with Crippen LogP contribution in [-0.2, 0) is 15.3 Å². The molecule has 0 aromatic carbocycles. The number of thioether (sulfide) groups is 1. The lowest BCUT2D eigenvalue weighted by molar-refractivity contribution is -0.141. The molecule has 0 bridgehead atoms. The van der Waals surface area contributed by atoms with Crippen LogP contribution >= 0.6 is 23.1 Å². The van der Waals surface area contributed by atoms with E-state index in [0.29, 0.717) is 12.2 Å². The van der Waals surface area contributed by atoms with Gasteiger partial charge < -0.3 is 10.4 Å². The van der Waals surface area contributed by atoms with Crippen molar-refractivity contribution in [2.75, 3.05) is 5.75 Å². The molecule has 1 heterocycles. The van der Waals surface area contributed by atoms with Crippen LogP contribution in [0.1, 0.15) is 24.0 Å². The molecular weight excluding hydrogens is 272 g/mol. The van der Waals surface area contributed by atoms with Crippen LogP contribution in [0.25, 0.3) is 0 Å². The lowest BCUT2D eigenvalue weighted by Gasteiger charge is -2.11. The maximum Gasteiger partial charge on any atom is 0.326 e. The second-order valence-corrected chi connectivity index (χ2v) is 5.77. The summed E-state index contributed by atoms with van der Waals surface area (Å²) in [6.45, 7) is 3.66. The van der Waals surface area contributed by atoms with Crippen LogP contribution in [0.2, 0.25) is 0 Å². The predicted octanol–water partition coefficient (Wildman–Crippen LogP) is 1.66. The molecule has 1 aromatic rings. The van der Waals surface area contributed by atoms with Gasteiger partial charge in [0, 0.05) is 11.1 Å². The normalized spacial score (nSPS) is 12.1. The summed E-state index contributed by atoms with van der Waals surface area (Å²) in [5, 5.41) is 14.2. The van der Waals surface area contributed by atoms with Gasteiger partial charge in [-0.2, -0.15) is 0 Å². The van der Waals surface area contributed by atoms with E-state index in [2.05, 4.69) is 10.3 Å². The van der Waals surface area contributed by atoms with E-state index < -0.39 is 12.0 Å². The van der Waals surface area contributed by atoms with Crippen molar-refractivity contribution in [2.24, 2.45) is 0 Å². The molecule has 1 amide bonds. The minimum Gasteiger partial charge on any atom is -0.480 e. The SMILES string of the molecule is CC[C@H](NC(=O)CSCc1csc(C)n1)C(=O)O. The average Bonchev–Trinajstić information content (AvgIpc) is 2.71. The van der Waals surface area contributed by atoms with Crippen molar-refractivity contribution < 1.29 is 14.7 Å². The van der Waals surface area contributed by atoms with Gasteiger partial charge in [0.15, 0.2) is 0 Å². The number of rotatable bonds is 7. The predicted molar refractivity (Wildman–Crippen MR) is 72.9 cm³/mol. The monoisotopic (exact) mass is 288 g/mol. The average molecular weight is 288 g/mol. The van der Waals surface area contributed by atoms with E-state index in [1.807, 2.05) is 12.3 Å². The molecule has 0 fully saturated rings. The zero-order valence-corrected chi connectivity index (χ0v) is 11.9. The standard InChI is InChI=1S/C11H16N2O3S2/c1-3-9(11(15)16)13-10(14)6-17-4-8-5-18-7(2)12-8/h5,9H,3-4,6H2,1-2H3,(H,13,14)(H,15,16)/t9-/m0/s1. The number of hydrogen-bond acceptors (Lipinski definition) is 5. The van der Waals surface area contributed by atoms with Crippen LogP contribution in [-0.4, -0.2) is 33.8 Å². The highest BCUT2D eigenvalue weighted by molar-refractivity contribution is 7.99. The molecule has 0 spiro atoms. The zero-order valence-electron chi connectivity index (χ0n) is 10.3. The van der Waals surface area contributed by atoms with Gasteiger partial charge in [0.05, 0.1) is 16.5 Å². The molecule has 0 saturated heterocycles. The molecule has 5 nitrogen and oxygen atoms in total. The Morgan fingerprint density at radius 1 is 1.61 bits per heavy atom. The van der Waals surface area contributed by atoms with Crippen LogP contribution in [0.4, 0.5) is 0 Å². The Labute approximate surface area is 114 Å². The quantitative estimate of drug-likeness (QED) is 0.798. The van der Waals surface area contributed by atoms with E-state index in [1.165, 1.54) is 11.8 Å². The van der Waals surface area contributed by atoms with E-state index in [1.54, 1.807) is 18.3 Å². The Balaban J connectivity index is 2.26.